The summed E-state index contributed by atoms with van der Waals surface area (Å²) < 4.78 is 26.5. The van der Waals surface area contributed by atoms with Gasteiger partial charge in [0.15, 0.2) is 0 Å². The first-order valence-corrected chi connectivity index (χ1v) is 6.37. The summed E-state index contributed by atoms with van der Waals surface area (Å²) in [5, 5.41) is 2.58. The number of aryl methyl sites for hydroxylation is 1. The molecule has 4 nitrogen and oxygen atoms in total. The number of nitrogens with one attached hydrogen (secondary N) is 1. The molecule has 0 atom stereocenters. The molecule has 0 bridgehead atoms. The van der Waals surface area contributed by atoms with Gasteiger partial charge in [0.1, 0.15) is 16.6 Å². The number of hydrogen-bond donors (Lipinski definition) is 2. The van der Waals surface area contributed by atoms with Crippen molar-refractivity contribution < 1.29 is 18.4 Å². The summed E-state index contributed by atoms with van der Waals surface area (Å²) >= 11 is 1.13. The lowest BCUT2D eigenvalue weighted by Gasteiger charge is -2.05. The molecular weight excluding hydrogens is 286 g/mol. The van der Waals surface area contributed by atoms with Crippen LogP contribution >= 0.6 is 11.3 Å². The fourth-order valence-corrected chi connectivity index (χ4v) is 2.54. The molecule has 7 heteroatoms. The van der Waals surface area contributed by atoms with Gasteiger partial charge < -0.3 is 11.1 Å². The maximum atomic E-state index is 13.5. The fraction of sp³-hybridized carbons (Fsp3) is 0.0769. The van der Waals surface area contributed by atoms with E-state index in [1.165, 1.54) is 6.07 Å². The molecule has 0 fully saturated rings. The van der Waals surface area contributed by atoms with Crippen molar-refractivity contribution in [3.05, 3.63) is 51.9 Å². The van der Waals surface area contributed by atoms with E-state index in [1.807, 2.05) is 0 Å². The maximum Gasteiger partial charge on any atom is 0.259 e. The molecule has 2 aromatic rings. The Balaban J connectivity index is 2.32. The Hall–Kier alpha value is -2.28. The van der Waals surface area contributed by atoms with Gasteiger partial charge in [-0.1, -0.05) is 0 Å². The molecule has 2 rings (SSSR count). The highest BCUT2D eigenvalue weighted by Crippen LogP contribution is 2.28. The van der Waals surface area contributed by atoms with Crippen LogP contribution in [0, 0.1) is 18.6 Å². The Morgan fingerprint density at radius 2 is 1.90 bits per heavy atom. The minimum atomic E-state index is -0.849. The first-order valence-electron chi connectivity index (χ1n) is 5.55. The van der Waals surface area contributed by atoms with E-state index in [-0.39, 0.29) is 10.6 Å². The van der Waals surface area contributed by atoms with Crippen LogP contribution in [-0.4, -0.2) is 11.8 Å². The highest BCUT2D eigenvalue weighted by atomic mass is 32.1. The molecule has 104 valence electrons. The van der Waals surface area contributed by atoms with Gasteiger partial charge in [-0.05, 0) is 31.2 Å². The highest BCUT2D eigenvalue weighted by molar-refractivity contribution is 7.16. The molecular formula is C13H10F2N2O2S. The van der Waals surface area contributed by atoms with Crippen LogP contribution in [0.15, 0.2) is 24.3 Å². The van der Waals surface area contributed by atoms with Crippen LogP contribution in [0.1, 0.15) is 25.6 Å². The van der Waals surface area contributed by atoms with Crippen molar-refractivity contribution in [2.45, 2.75) is 6.92 Å². The van der Waals surface area contributed by atoms with E-state index < -0.39 is 29.0 Å². The number of carbonyl (C=O) groups is 2. The van der Waals surface area contributed by atoms with Crippen molar-refractivity contribution in [3.63, 3.8) is 0 Å². The van der Waals surface area contributed by atoms with Gasteiger partial charge in [0.25, 0.3) is 11.8 Å². The van der Waals surface area contributed by atoms with Crippen LogP contribution < -0.4 is 11.1 Å². The minimum absolute atomic E-state index is 0.137. The second-order valence-corrected chi connectivity index (χ2v) is 5.30. The normalized spacial score (nSPS) is 10.3. The molecule has 2 amide bonds. The fourth-order valence-electron chi connectivity index (χ4n) is 1.63. The molecule has 20 heavy (non-hydrogen) atoms. The highest BCUT2D eigenvalue weighted by Gasteiger charge is 2.18. The predicted octanol–water partition coefficient (Wildman–Crippen LogP) is 2.69. The van der Waals surface area contributed by atoms with Crippen LogP contribution in [-0.2, 0) is 0 Å². The van der Waals surface area contributed by atoms with Gasteiger partial charge in [0, 0.05) is 4.88 Å². The van der Waals surface area contributed by atoms with Crippen LogP contribution in [0.4, 0.5) is 13.8 Å². The zero-order valence-corrected chi connectivity index (χ0v) is 11.2. The number of amides is 2. The van der Waals surface area contributed by atoms with E-state index in [0.29, 0.717) is 0 Å². The van der Waals surface area contributed by atoms with E-state index in [0.717, 1.165) is 34.4 Å². The van der Waals surface area contributed by atoms with Crippen LogP contribution in [0.2, 0.25) is 0 Å². The molecule has 0 saturated carbocycles. The molecule has 1 aromatic carbocycles. The predicted molar refractivity (Wildman–Crippen MR) is 71.9 cm³/mol. The average Bonchev–Trinajstić information content (AvgIpc) is 2.73. The smallest absolute Gasteiger partial charge is 0.259 e. The second-order valence-electron chi connectivity index (χ2n) is 4.04. The summed E-state index contributed by atoms with van der Waals surface area (Å²) in [6.07, 6.45) is 0. The summed E-state index contributed by atoms with van der Waals surface area (Å²) in [5.41, 5.74) is 4.88. The molecule has 1 aromatic heterocycles. The molecule has 1 heterocycles. The third-order valence-corrected chi connectivity index (χ3v) is 3.49. The molecule has 3 N–H and O–H groups in total. The van der Waals surface area contributed by atoms with Gasteiger partial charge in [-0.3, -0.25) is 9.59 Å². The number of hydrogen-bond acceptors (Lipinski definition) is 3. The largest absolute Gasteiger partial charge is 0.366 e. The number of carbonyl (C=O) groups excluding carboxylic acids is 2. The lowest BCUT2D eigenvalue weighted by Crippen LogP contribution is -2.17. The molecule has 0 aliphatic rings. The van der Waals surface area contributed by atoms with Crippen LogP contribution in [0.3, 0.4) is 0 Å². The second kappa shape index (κ2) is 5.38. The van der Waals surface area contributed by atoms with Crippen molar-refractivity contribution in [2.24, 2.45) is 5.73 Å². The summed E-state index contributed by atoms with van der Waals surface area (Å²) in [6.45, 7) is 1.73. The molecule has 0 aliphatic heterocycles. The lowest BCUT2D eigenvalue weighted by molar-refractivity contribution is 0.100. The van der Waals surface area contributed by atoms with Crippen molar-refractivity contribution in [3.8, 4) is 0 Å². The van der Waals surface area contributed by atoms with Crippen molar-refractivity contribution in [1.29, 1.82) is 0 Å². The Bertz CT molecular complexity index is 698. The minimum Gasteiger partial charge on any atom is -0.366 e. The summed E-state index contributed by atoms with van der Waals surface area (Å²) in [4.78, 5) is 23.9. The van der Waals surface area contributed by atoms with Gasteiger partial charge in [0.05, 0.1) is 11.1 Å². The third-order valence-electron chi connectivity index (χ3n) is 2.52. The van der Waals surface area contributed by atoms with E-state index in [1.54, 1.807) is 6.92 Å². The number of primary amides is 1. The first-order chi connectivity index (χ1) is 9.38. The Labute approximate surface area is 117 Å². The Morgan fingerprint density at radius 1 is 1.20 bits per heavy atom. The SMILES string of the molecule is Cc1cc(C(N)=O)c(NC(=O)c2cc(F)ccc2F)s1. The van der Waals surface area contributed by atoms with E-state index in [4.69, 9.17) is 5.73 Å². The maximum absolute atomic E-state index is 13.5. The molecule has 0 aliphatic carbocycles. The third kappa shape index (κ3) is 2.83. The standard InChI is InChI=1S/C13H10F2N2O2S/c1-6-4-9(11(16)18)13(20-6)17-12(19)8-5-7(14)2-3-10(8)15/h2-5H,1H3,(H2,16,18)(H,17,19). The van der Waals surface area contributed by atoms with Crippen molar-refractivity contribution >= 4 is 28.2 Å². The van der Waals surface area contributed by atoms with Gasteiger partial charge in [0.2, 0.25) is 0 Å². The molecule has 0 saturated heterocycles. The van der Waals surface area contributed by atoms with Gasteiger partial charge >= 0.3 is 0 Å². The number of thiophene rings is 1. The van der Waals surface area contributed by atoms with Gasteiger partial charge in [-0.2, -0.15) is 0 Å². The van der Waals surface area contributed by atoms with E-state index in [2.05, 4.69) is 5.32 Å². The van der Waals surface area contributed by atoms with Crippen LogP contribution in [0.25, 0.3) is 0 Å². The number of anilines is 1. The zero-order chi connectivity index (χ0) is 14.9. The first kappa shape index (κ1) is 14.1. The topological polar surface area (TPSA) is 72.2 Å². The number of halogens is 2. The Morgan fingerprint density at radius 3 is 2.55 bits per heavy atom. The summed E-state index contributed by atoms with van der Waals surface area (Å²) in [5.74, 6) is -3.12. The summed E-state index contributed by atoms with van der Waals surface area (Å²) in [6, 6.07) is 4.08. The molecule has 0 radical (unpaired) electrons. The summed E-state index contributed by atoms with van der Waals surface area (Å²) in [7, 11) is 0. The van der Waals surface area contributed by atoms with Crippen molar-refractivity contribution in [1.82, 2.24) is 0 Å². The van der Waals surface area contributed by atoms with Gasteiger partial charge in [-0.25, -0.2) is 8.78 Å². The van der Waals surface area contributed by atoms with Crippen LogP contribution in [0.5, 0.6) is 0 Å². The Kier molecular flexibility index (Phi) is 3.80. The number of nitrogens with two attached hydrogens (primary N) is 1. The zero-order valence-electron chi connectivity index (χ0n) is 10.4. The lowest BCUT2D eigenvalue weighted by atomic mass is 10.2. The van der Waals surface area contributed by atoms with Crippen molar-refractivity contribution in [2.75, 3.05) is 5.32 Å². The quantitative estimate of drug-likeness (QED) is 0.914. The average molecular weight is 296 g/mol. The van der Waals surface area contributed by atoms with E-state index >= 15 is 0 Å². The molecule has 0 unspecified atom stereocenters. The molecule has 0 spiro atoms. The number of benzene rings is 1. The monoisotopic (exact) mass is 296 g/mol. The van der Waals surface area contributed by atoms with E-state index in [9.17, 15) is 18.4 Å². The van der Waals surface area contributed by atoms with Gasteiger partial charge in [-0.15, -0.1) is 11.3 Å². The number of rotatable bonds is 3.